The third-order valence-corrected chi connectivity index (χ3v) is 7.12. The van der Waals surface area contributed by atoms with Gasteiger partial charge in [0, 0.05) is 25.0 Å². The van der Waals surface area contributed by atoms with Gasteiger partial charge in [0.25, 0.3) is 5.91 Å². The Balaban J connectivity index is 1.87. The van der Waals surface area contributed by atoms with E-state index in [1.807, 2.05) is 22.9 Å². The Morgan fingerprint density at radius 3 is 2.32 bits per heavy atom. The highest BCUT2D eigenvalue weighted by Gasteiger charge is 2.25. The highest BCUT2D eigenvalue weighted by Crippen LogP contribution is 2.39. The number of nitrogens with zero attached hydrogens (tertiary/aromatic N) is 2. The van der Waals surface area contributed by atoms with E-state index < -0.39 is 0 Å². The fraction of sp³-hybridized carbons (Fsp3) is 0.621. The van der Waals surface area contributed by atoms with Gasteiger partial charge >= 0.3 is 0 Å². The Hall–Kier alpha value is -3.03. The summed E-state index contributed by atoms with van der Waals surface area (Å²) >= 11 is 0. The Morgan fingerprint density at radius 1 is 1.11 bits per heavy atom. The molecule has 1 fully saturated rings. The zero-order valence-electron chi connectivity index (χ0n) is 23.3. The zero-order valence-corrected chi connectivity index (χ0v) is 23.3. The lowest BCUT2D eigenvalue weighted by Gasteiger charge is -2.21. The molecule has 2 atom stereocenters. The van der Waals surface area contributed by atoms with Crippen molar-refractivity contribution in [2.24, 2.45) is 11.8 Å². The molecule has 0 spiro atoms. The molecule has 0 bridgehead atoms. The first-order chi connectivity index (χ1) is 17.7. The van der Waals surface area contributed by atoms with Gasteiger partial charge < -0.3 is 20.1 Å². The van der Waals surface area contributed by atoms with E-state index in [2.05, 4.69) is 38.3 Å². The lowest BCUT2D eigenvalue weighted by Crippen LogP contribution is -2.42. The van der Waals surface area contributed by atoms with E-state index in [1.165, 1.54) is 0 Å². The molecule has 37 heavy (non-hydrogen) atoms. The summed E-state index contributed by atoms with van der Waals surface area (Å²) in [5.41, 5.74) is 1.84. The summed E-state index contributed by atoms with van der Waals surface area (Å²) in [7, 11) is 3.24. The van der Waals surface area contributed by atoms with Crippen molar-refractivity contribution in [2.75, 3.05) is 14.2 Å². The van der Waals surface area contributed by atoms with Gasteiger partial charge in [-0.3, -0.25) is 14.3 Å². The average Bonchev–Trinajstić information content (AvgIpc) is 3.52. The molecule has 2 aromatic rings. The number of nitrogens with one attached hydrogen (secondary N) is 2. The van der Waals surface area contributed by atoms with Crippen LogP contribution < -0.4 is 20.1 Å². The van der Waals surface area contributed by atoms with Gasteiger partial charge in [-0.05, 0) is 49.3 Å². The van der Waals surface area contributed by atoms with Crippen LogP contribution in [0.3, 0.4) is 0 Å². The van der Waals surface area contributed by atoms with Crippen molar-refractivity contribution in [1.29, 1.82) is 0 Å². The first kappa shape index (κ1) is 28.5. The summed E-state index contributed by atoms with van der Waals surface area (Å²) in [4.78, 5) is 26.2. The number of hydrogen-bond donors (Lipinski definition) is 2. The van der Waals surface area contributed by atoms with Crippen LogP contribution in [0, 0.1) is 11.8 Å². The van der Waals surface area contributed by atoms with E-state index >= 15 is 0 Å². The molecule has 1 heterocycles. The quantitative estimate of drug-likeness (QED) is 0.384. The van der Waals surface area contributed by atoms with Crippen LogP contribution in [0.2, 0.25) is 0 Å². The molecule has 1 aromatic heterocycles. The molecule has 0 aliphatic heterocycles. The van der Waals surface area contributed by atoms with Crippen molar-refractivity contribution in [2.45, 2.75) is 91.3 Å². The van der Waals surface area contributed by atoms with E-state index in [0.29, 0.717) is 42.0 Å². The van der Waals surface area contributed by atoms with Crippen LogP contribution in [0.1, 0.15) is 83.1 Å². The van der Waals surface area contributed by atoms with Gasteiger partial charge in [-0.1, -0.05) is 53.0 Å². The zero-order chi connectivity index (χ0) is 26.9. The van der Waals surface area contributed by atoms with Crippen molar-refractivity contribution in [3.63, 3.8) is 0 Å². The van der Waals surface area contributed by atoms with E-state index in [0.717, 1.165) is 43.4 Å². The molecule has 1 saturated carbocycles. The van der Waals surface area contributed by atoms with Crippen molar-refractivity contribution in [3.05, 3.63) is 30.0 Å². The Kier molecular flexibility index (Phi) is 10.4. The van der Waals surface area contributed by atoms with E-state index in [9.17, 15) is 9.59 Å². The van der Waals surface area contributed by atoms with Gasteiger partial charge in [0.1, 0.15) is 11.5 Å². The predicted molar refractivity (Wildman–Crippen MR) is 146 cm³/mol. The molecule has 0 radical (unpaired) electrons. The highest BCUT2D eigenvalue weighted by molar-refractivity contribution is 5.94. The van der Waals surface area contributed by atoms with Crippen molar-refractivity contribution in [1.82, 2.24) is 20.4 Å². The van der Waals surface area contributed by atoms with Gasteiger partial charge in [0.05, 0.1) is 25.5 Å². The van der Waals surface area contributed by atoms with E-state index in [-0.39, 0.29) is 30.3 Å². The lowest BCUT2D eigenvalue weighted by atomic mass is 10.00. The molecule has 1 aliphatic carbocycles. The summed E-state index contributed by atoms with van der Waals surface area (Å²) in [6.45, 7) is 9.14. The van der Waals surface area contributed by atoms with Gasteiger partial charge in [-0.2, -0.15) is 5.10 Å². The minimum Gasteiger partial charge on any atom is -0.496 e. The Bertz CT molecular complexity index is 1020. The van der Waals surface area contributed by atoms with Crippen molar-refractivity contribution < 1.29 is 19.1 Å². The van der Waals surface area contributed by atoms with Crippen LogP contribution in [0.5, 0.6) is 11.5 Å². The number of rotatable bonds is 13. The van der Waals surface area contributed by atoms with Gasteiger partial charge in [0.2, 0.25) is 5.91 Å². The topological polar surface area (TPSA) is 94.5 Å². The van der Waals surface area contributed by atoms with Gasteiger partial charge in [-0.15, -0.1) is 0 Å². The number of carbonyl (C=O) groups is 2. The molecule has 3 rings (SSSR count). The number of amides is 2. The van der Waals surface area contributed by atoms with Crippen LogP contribution >= 0.6 is 0 Å². The molecule has 8 nitrogen and oxygen atoms in total. The van der Waals surface area contributed by atoms with Crippen LogP contribution in [-0.2, 0) is 11.3 Å². The minimum absolute atomic E-state index is 0.000373. The molecule has 1 aliphatic rings. The molecule has 2 N–H and O–H groups in total. The van der Waals surface area contributed by atoms with Gasteiger partial charge in [0.15, 0.2) is 5.69 Å². The number of aromatic nitrogens is 2. The summed E-state index contributed by atoms with van der Waals surface area (Å²) < 4.78 is 13.1. The summed E-state index contributed by atoms with van der Waals surface area (Å²) in [6, 6.07) is 7.41. The maximum atomic E-state index is 13.4. The standard InChI is InChI=1S/C29H44N4O4/c1-7-20(4)18-33-24(28-25(36-5)13-10-14-26(28)37-6)17-23(32-33)29(35)31-22(15-19(2)3)16-27(34)30-21-11-8-9-12-21/h10,13-14,17,19-22H,7-9,11-12,15-16,18H2,1-6H3,(H,30,34)(H,31,35)/t20?,22-/m0/s1. The fourth-order valence-corrected chi connectivity index (χ4v) is 5.00. The number of carbonyl (C=O) groups excluding carboxylic acids is 2. The van der Waals surface area contributed by atoms with E-state index in [1.54, 1.807) is 20.3 Å². The second-order valence-electron chi connectivity index (χ2n) is 10.7. The molecule has 2 amide bonds. The average molecular weight is 513 g/mol. The lowest BCUT2D eigenvalue weighted by molar-refractivity contribution is -0.122. The number of ether oxygens (including phenoxy) is 2. The number of benzene rings is 1. The van der Waals surface area contributed by atoms with Crippen LogP contribution in [0.15, 0.2) is 24.3 Å². The van der Waals surface area contributed by atoms with Crippen molar-refractivity contribution in [3.8, 4) is 22.8 Å². The molecule has 1 unspecified atom stereocenters. The Labute approximate surface area is 221 Å². The maximum absolute atomic E-state index is 13.4. The summed E-state index contributed by atoms with van der Waals surface area (Å²) in [5, 5.41) is 11.0. The third-order valence-electron chi connectivity index (χ3n) is 7.12. The molecular formula is C29H44N4O4. The normalized spacial score (nSPS) is 15.4. The van der Waals surface area contributed by atoms with Crippen LogP contribution in [-0.4, -0.2) is 47.9 Å². The fourth-order valence-electron chi connectivity index (χ4n) is 5.00. The van der Waals surface area contributed by atoms with Crippen LogP contribution in [0.25, 0.3) is 11.3 Å². The first-order valence-electron chi connectivity index (χ1n) is 13.6. The highest BCUT2D eigenvalue weighted by atomic mass is 16.5. The molecule has 8 heteroatoms. The maximum Gasteiger partial charge on any atom is 0.272 e. The third kappa shape index (κ3) is 7.73. The number of methoxy groups -OCH3 is 2. The largest absolute Gasteiger partial charge is 0.496 e. The summed E-state index contributed by atoms with van der Waals surface area (Å²) in [6.07, 6.45) is 6.36. The van der Waals surface area contributed by atoms with Gasteiger partial charge in [-0.25, -0.2) is 0 Å². The minimum atomic E-state index is -0.280. The molecule has 0 saturated heterocycles. The molecule has 204 valence electrons. The Morgan fingerprint density at radius 2 is 1.76 bits per heavy atom. The smallest absolute Gasteiger partial charge is 0.272 e. The monoisotopic (exact) mass is 512 g/mol. The predicted octanol–water partition coefficient (Wildman–Crippen LogP) is 5.21. The molecule has 1 aromatic carbocycles. The van der Waals surface area contributed by atoms with E-state index in [4.69, 9.17) is 14.6 Å². The first-order valence-corrected chi connectivity index (χ1v) is 13.6. The second-order valence-corrected chi connectivity index (χ2v) is 10.7. The SMILES string of the molecule is CCC(C)Cn1nc(C(=O)N[C@H](CC(=O)NC2CCCC2)CC(C)C)cc1-c1c(OC)cccc1OC. The van der Waals surface area contributed by atoms with Crippen molar-refractivity contribution >= 4 is 11.8 Å². The van der Waals surface area contributed by atoms with Crippen LogP contribution in [0.4, 0.5) is 0 Å². The molecular weight excluding hydrogens is 468 g/mol. The second kappa shape index (κ2) is 13.5. The summed E-state index contributed by atoms with van der Waals surface area (Å²) in [5.74, 6) is 1.72. The number of hydrogen-bond acceptors (Lipinski definition) is 5.